The number of halogens is 1. The van der Waals surface area contributed by atoms with Gasteiger partial charge in [-0.15, -0.1) is 11.3 Å². The molecule has 0 aromatic carbocycles. The lowest BCUT2D eigenvalue weighted by molar-refractivity contribution is -0.132. The Kier molecular flexibility index (Phi) is 4.07. The summed E-state index contributed by atoms with van der Waals surface area (Å²) in [6.07, 6.45) is 1.23. The van der Waals surface area contributed by atoms with Crippen LogP contribution in [0.25, 0.3) is 0 Å². The summed E-state index contributed by atoms with van der Waals surface area (Å²) >= 11 is 4.85. The topological polar surface area (TPSA) is 49.4 Å². The first-order valence-corrected chi connectivity index (χ1v) is 7.39. The van der Waals surface area contributed by atoms with Crippen molar-refractivity contribution in [3.63, 3.8) is 0 Å². The molecule has 1 aromatic rings. The van der Waals surface area contributed by atoms with E-state index in [0.717, 1.165) is 15.8 Å². The van der Waals surface area contributed by atoms with Crippen molar-refractivity contribution in [2.75, 3.05) is 13.6 Å². The summed E-state index contributed by atoms with van der Waals surface area (Å²) < 4.78 is 0.989. The molecule has 6 heteroatoms. The van der Waals surface area contributed by atoms with Crippen LogP contribution < -0.4 is 5.32 Å². The molecule has 1 aliphatic rings. The van der Waals surface area contributed by atoms with Gasteiger partial charge in [0.05, 0.1) is 8.66 Å². The van der Waals surface area contributed by atoms with Crippen molar-refractivity contribution >= 4 is 39.1 Å². The quantitative estimate of drug-likeness (QED) is 0.903. The summed E-state index contributed by atoms with van der Waals surface area (Å²) in [7, 11) is 1.77. The Morgan fingerprint density at radius 1 is 1.61 bits per heavy atom. The van der Waals surface area contributed by atoms with E-state index in [1.807, 2.05) is 13.0 Å². The maximum absolute atomic E-state index is 12.0. The van der Waals surface area contributed by atoms with Gasteiger partial charge in [0.15, 0.2) is 0 Å². The zero-order chi connectivity index (χ0) is 13.3. The summed E-state index contributed by atoms with van der Waals surface area (Å²) in [5, 5.41) is 2.98. The van der Waals surface area contributed by atoms with Gasteiger partial charge in [0, 0.05) is 26.1 Å². The lowest BCUT2D eigenvalue weighted by Gasteiger charge is -2.29. The molecular formula is C12H15BrN2O2S. The van der Waals surface area contributed by atoms with Gasteiger partial charge in [-0.3, -0.25) is 9.59 Å². The van der Waals surface area contributed by atoms with Crippen LogP contribution in [0.15, 0.2) is 9.85 Å². The second-order valence-electron chi connectivity index (χ2n) is 4.55. The van der Waals surface area contributed by atoms with Gasteiger partial charge in [0.2, 0.25) is 5.91 Å². The highest BCUT2D eigenvalue weighted by Crippen LogP contribution is 2.27. The standard InChI is InChI=1S/C12H15BrN2O2S/c1-7-5-9(18-11(7)13)12(17)14-8-3-4-10(16)15(2)6-8/h5,8H,3-4,6H2,1-2H3,(H,14,17). The van der Waals surface area contributed by atoms with Crippen molar-refractivity contribution in [1.82, 2.24) is 10.2 Å². The molecule has 1 saturated heterocycles. The average Bonchev–Trinajstić information content (AvgIpc) is 2.65. The van der Waals surface area contributed by atoms with E-state index in [2.05, 4.69) is 21.2 Å². The third kappa shape index (κ3) is 2.92. The minimum absolute atomic E-state index is 0.0541. The third-order valence-electron chi connectivity index (χ3n) is 3.04. The number of thiophene rings is 1. The van der Waals surface area contributed by atoms with Gasteiger partial charge in [-0.05, 0) is 40.9 Å². The lowest BCUT2D eigenvalue weighted by atomic mass is 10.1. The van der Waals surface area contributed by atoms with E-state index in [-0.39, 0.29) is 17.9 Å². The van der Waals surface area contributed by atoms with E-state index in [1.54, 1.807) is 11.9 Å². The van der Waals surface area contributed by atoms with Gasteiger partial charge in [0.25, 0.3) is 5.91 Å². The smallest absolute Gasteiger partial charge is 0.261 e. The van der Waals surface area contributed by atoms with E-state index >= 15 is 0 Å². The normalized spacial score (nSPS) is 20.1. The molecule has 1 N–H and O–H groups in total. The Morgan fingerprint density at radius 2 is 2.33 bits per heavy atom. The van der Waals surface area contributed by atoms with Crippen LogP contribution in [0.5, 0.6) is 0 Å². The molecule has 2 amide bonds. The Hall–Kier alpha value is -0.880. The average molecular weight is 331 g/mol. The Bertz CT molecular complexity index is 467. The largest absolute Gasteiger partial charge is 0.347 e. The number of likely N-dealkylation sites (tertiary alicyclic amines) is 1. The minimum Gasteiger partial charge on any atom is -0.347 e. The number of aryl methyl sites for hydroxylation is 1. The van der Waals surface area contributed by atoms with E-state index in [0.29, 0.717) is 17.8 Å². The molecule has 0 saturated carbocycles. The second kappa shape index (κ2) is 5.40. The number of rotatable bonds is 2. The first-order valence-electron chi connectivity index (χ1n) is 5.78. The van der Waals surface area contributed by atoms with Crippen LogP contribution in [-0.4, -0.2) is 36.3 Å². The number of likely N-dealkylation sites (N-methyl/N-ethyl adjacent to an activating group) is 1. The number of nitrogens with one attached hydrogen (secondary N) is 1. The number of carbonyl (C=O) groups is 2. The maximum Gasteiger partial charge on any atom is 0.261 e. The Balaban J connectivity index is 1.97. The molecular weight excluding hydrogens is 316 g/mol. The first kappa shape index (κ1) is 13.5. The summed E-state index contributed by atoms with van der Waals surface area (Å²) in [4.78, 5) is 25.8. The van der Waals surface area contributed by atoms with Crippen molar-refractivity contribution < 1.29 is 9.59 Å². The van der Waals surface area contributed by atoms with Crippen molar-refractivity contribution in [3.8, 4) is 0 Å². The molecule has 1 aliphatic heterocycles. The van der Waals surface area contributed by atoms with Crippen molar-refractivity contribution in [2.45, 2.75) is 25.8 Å². The molecule has 1 fully saturated rings. The van der Waals surface area contributed by atoms with Gasteiger partial charge in [-0.1, -0.05) is 0 Å². The van der Waals surface area contributed by atoms with Crippen LogP contribution in [0, 0.1) is 6.92 Å². The fourth-order valence-corrected chi connectivity index (χ4v) is 3.40. The van der Waals surface area contributed by atoms with Crippen molar-refractivity contribution in [2.24, 2.45) is 0 Å². The number of carbonyl (C=O) groups excluding carboxylic acids is 2. The molecule has 0 spiro atoms. The summed E-state index contributed by atoms with van der Waals surface area (Å²) in [5.74, 6) is 0.0942. The maximum atomic E-state index is 12.0. The Morgan fingerprint density at radius 3 is 2.89 bits per heavy atom. The van der Waals surface area contributed by atoms with Gasteiger partial charge < -0.3 is 10.2 Å². The predicted molar refractivity (Wildman–Crippen MR) is 74.9 cm³/mol. The molecule has 0 aliphatic carbocycles. The molecule has 2 rings (SSSR count). The molecule has 2 heterocycles. The van der Waals surface area contributed by atoms with E-state index in [9.17, 15) is 9.59 Å². The number of hydrogen-bond acceptors (Lipinski definition) is 3. The van der Waals surface area contributed by atoms with Gasteiger partial charge in [0.1, 0.15) is 0 Å². The van der Waals surface area contributed by atoms with E-state index < -0.39 is 0 Å². The molecule has 0 radical (unpaired) electrons. The molecule has 1 unspecified atom stereocenters. The first-order chi connectivity index (χ1) is 8.47. The molecule has 1 atom stereocenters. The number of nitrogens with zero attached hydrogens (tertiary/aromatic N) is 1. The third-order valence-corrected chi connectivity index (χ3v) is 5.18. The van der Waals surface area contributed by atoms with Gasteiger partial charge in [-0.25, -0.2) is 0 Å². The van der Waals surface area contributed by atoms with Crippen LogP contribution in [0.3, 0.4) is 0 Å². The molecule has 0 bridgehead atoms. The lowest BCUT2D eigenvalue weighted by Crippen LogP contribution is -2.48. The van der Waals surface area contributed by atoms with Crippen LogP contribution in [-0.2, 0) is 4.79 Å². The fraction of sp³-hybridized carbons (Fsp3) is 0.500. The number of amides is 2. The second-order valence-corrected chi connectivity index (χ2v) is 6.92. The number of piperidine rings is 1. The summed E-state index contributed by atoms with van der Waals surface area (Å²) in [6, 6.07) is 1.93. The molecule has 1 aromatic heterocycles. The van der Waals surface area contributed by atoms with Gasteiger partial charge >= 0.3 is 0 Å². The van der Waals surface area contributed by atoms with Crippen molar-refractivity contribution in [1.29, 1.82) is 0 Å². The van der Waals surface area contributed by atoms with Crippen LogP contribution in [0.1, 0.15) is 28.1 Å². The van der Waals surface area contributed by atoms with Crippen LogP contribution in [0.4, 0.5) is 0 Å². The zero-order valence-corrected chi connectivity index (χ0v) is 12.7. The highest BCUT2D eigenvalue weighted by Gasteiger charge is 2.24. The molecule has 98 valence electrons. The van der Waals surface area contributed by atoms with Crippen molar-refractivity contribution in [3.05, 3.63) is 20.3 Å². The SMILES string of the molecule is Cc1cc(C(=O)NC2CCC(=O)N(C)C2)sc1Br. The minimum atomic E-state index is -0.0541. The molecule has 4 nitrogen and oxygen atoms in total. The highest BCUT2D eigenvalue weighted by atomic mass is 79.9. The summed E-state index contributed by atoms with van der Waals surface area (Å²) in [6.45, 7) is 2.56. The monoisotopic (exact) mass is 330 g/mol. The molecule has 18 heavy (non-hydrogen) atoms. The fourth-order valence-electron chi connectivity index (χ4n) is 1.96. The van der Waals surface area contributed by atoms with Gasteiger partial charge in [-0.2, -0.15) is 0 Å². The highest BCUT2D eigenvalue weighted by molar-refractivity contribution is 9.11. The summed E-state index contributed by atoms with van der Waals surface area (Å²) in [5.41, 5.74) is 1.07. The number of hydrogen-bond donors (Lipinski definition) is 1. The van der Waals surface area contributed by atoms with Crippen LogP contribution in [0.2, 0.25) is 0 Å². The zero-order valence-electron chi connectivity index (χ0n) is 10.3. The predicted octanol–water partition coefficient (Wildman–Crippen LogP) is 2.17. The Labute approximate surface area is 118 Å². The van der Waals surface area contributed by atoms with E-state index in [1.165, 1.54) is 11.3 Å². The van der Waals surface area contributed by atoms with E-state index in [4.69, 9.17) is 0 Å². The van der Waals surface area contributed by atoms with Crippen LogP contribution >= 0.6 is 27.3 Å².